The molecule has 2 bridgehead atoms. The van der Waals surface area contributed by atoms with Gasteiger partial charge in [-0.25, -0.2) is 4.98 Å². The minimum absolute atomic E-state index is 0.0878. The molecule has 2 aromatic rings. The van der Waals surface area contributed by atoms with Crippen LogP contribution in [-0.4, -0.2) is 17.3 Å². The lowest BCUT2D eigenvalue weighted by atomic mass is 9.77. The lowest BCUT2D eigenvalue weighted by Crippen LogP contribution is -2.36. The molecule has 1 fully saturated rings. The van der Waals surface area contributed by atoms with Gasteiger partial charge in [0, 0.05) is 6.07 Å². The topological polar surface area (TPSA) is 51.2 Å². The molecule has 25 heavy (non-hydrogen) atoms. The third-order valence-corrected chi connectivity index (χ3v) is 5.94. The molecule has 2 aliphatic carbocycles. The van der Waals surface area contributed by atoms with Gasteiger partial charge in [-0.2, -0.15) is 0 Å². The fourth-order valence-corrected chi connectivity index (χ4v) is 4.64. The standard InChI is InChI=1S/C17H15F3N2O2S/c1-16(8-9-2-3-10(16)6-9)14(23)22-15-21-12-5-4-11(7-13(12)25-15)24-17(18,19)20/h2-5,7,9-10H,6,8H2,1H3,(H,21,22,23)/t9-,10+,16+/m1/s1. The van der Waals surface area contributed by atoms with E-state index in [-0.39, 0.29) is 17.6 Å². The molecule has 4 rings (SSSR count). The molecule has 3 atom stereocenters. The van der Waals surface area contributed by atoms with E-state index in [2.05, 4.69) is 27.2 Å². The van der Waals surface area contributed by atoms with Crippen molar-refractivity contribution in [1.29, 1.82) is 0 Å². The Balaban J connectivity index is 1.54. The monoisotopic (exact) mass is 368 g/mol. The van der Waals surface area contributed by atoms with Crippen LogP contribution in [0.4, 0.5) is 18.3 Å². The Labute approximate surface area is 145 Å². The van der Waals surface area contributed by atoms with Crippen molar-refractivity contribution in [2.75, 3.05) is 5.32 Å². The number of carbonyl (C=O) groups is 1. The fraction of sp³-hybridized carbons (Fsp3) is 0.412. The molecular weight excluding hydrogens is 353 g/mol. The molecule has 0 aliphatic heterocycles. The average molecular weight is 368 g/mol. The summed E-state index contributed by atoms with van der Waals surface area (Å²) in [6.45, 7) is 1.96. The van der Waals surface area contributed by atoms with Crippen LogP contribution in [0, 0.1) is 17.3 Å². The van der Waals surface area contributed by atoms with Crippen molar-refractivity contribution >= 4 is 32.6 Å². The molecule has 1 N–H and O–H groups in total. The summed E-state index contributed by atoms with van der Waals surface area (Å²) in [4.78, 5) is 17.0. The highest BCUT2D eigenvalue weighted by Crippen LogP contribution is 2.52. The molecule has 1 aromatic heterocycles. The average Bonchev–Trinajstić information content (AvgIpc) is 3.18. The number of allylic oxidation sites excluding steroid dienone is 2. The molecule has 1 heterocycles. The molecule has 1 aromatic carbocycles. The number of aromatic nitrogens is 1. The molecule has 1 amide bonds. The Kier molecular flexibility index (Phi) is 3.57. The summed E-state index contributed by atoms with van der Waals surface area (Å²) in [6, 6.07) is 3.94. The smallest absolute Gasteiger partial charge is 0.406 e. The second kappa shape index (κ2) is 5.45. The lowest BCUT2D eigenvalue weighted by molar-refractivity contribution is -0.274. The van der Waals surface area contributed by atoms with E-state index in [4.69, 9.17) is 0 Å². The van der Waals surface area contributed by atoms with E-state index < -0.39 is 11.8 Å². The summed E-state index contributed by atoms with van der Waals surface area (Å²) in [6.07, 6.45) is 1.35. The first kappa shape index (κ1) is 16.4. The Bertz CT molecular complexity index is 876. The predicted octanol–water partition coefficient (Wildman–Crippen LogP) is 4.74. The van der Waals surface area contributed by atoms with Gasteiger partial charge in [0.1, 0.15) is 5.75 Å². The van der Waals surface area contributed by atoms with Gasteiger partial charge in [0.05, 0.1) is 15.6 Å². The first-order valence-electron chi connectivity index (χ1n) is 7.89. The Morgan fingerprint density at radius 1 is 1.40 bits per heavy atom. The third-order valence-electron chi connectivity index (χ3n) is 5.01. The molecule has 0 unspecified atom stereocenters. The number of amides is 1. The highest BCUT2D eigenvalue weighted by molar-refractivity contribution is 7.22. The van der Waals surface area contributed by atoms with Crippen LogP contribution in [0.3, 0.4) is 0 Å². The highest BCUT2D eigenvalue weighted by atomic mass is 32.1. The van der Waals surface area contributed by atoms with Crippen LogP contribution >= 0.6 is 11.3 Å². The summed E-state index contributed by atoms with van der Waals surface area (Å²) in [5.41, 5.74) is 0.0646. The number of anilines is 1. The van der Waals surface area contributed by atoms with Crippen LogP contribution in [0.2, 0.25) is 0 Å². The van der Waals surface area contributed by atoms with Gasteiger partial charge in [-0.3, -0.25) is 4.79 Å². The Hall–Kier alpha value is -2.09. The number of hydrogen-bond acceptors (Lipinski definition) is 4. The summed E-state index contributed by atoms with van der Waals surface area (Å²) < 4.78 is 41.4. The van der Waals surface area contributed by atoms with Gasteiger partial charge < -0.3 is 10.1 Å². The molecule has 0 saturated heterocycles. The van der Waals surface area contributed by atoms with Crippen LogP contribution in [0.5, 0.6) is 5.75 Å². The Morgan fingerprint density at radius 3 is 2.84 bits per heavy atom. The van der Waals surface area contributed by atoms with Crippen molar-refractivity contribution < 1.29 is 22.7 Å². The molecular formula is C17H15F3N2O2S. The fourth-order valence-electron chi connectivity index (χ4n) is 3.75. The number of thiazole rings is 1. The predicted molar refractivity (Wildman–Crippen MR) is 88.4 cm³/mol. The second-order valence-corrected chi connectivity index (χ2v) is 7.79. The SMILES string of the molecule is C[C@]1(C(=O)Nc2nc3ccc(OC(F)(F)F)cc3s2)C[C@@H]2C=C[C@H]1C2. The van der Waals surface area contributed by atoms with Crippen LogP contribution in [-0.2, 0) is 4.79 Å². The first-order chi connectivity index (χ1) is 11.7. The maximum absolute atomic E-state index is 12.7. The molecule has 8 heteroatoms. The molecule has 1 saturated carbocycles. The molecule has 2 aliphatic rings. The van der Waals surface area contributed by atoms with Crippen LogP contribution in [0.25, 0.3) is 10.2 Å². The number of ether oxygens (including phenoxy) is 1. The number of nitrogens with zero attached hydrogens (tertiary/aromatic N) is 1. The van der Waals surface area contributed by atoms with Crippen molar-refractivity contribution in [3.05, 3.63) is 30.4 Å². The maximum atomic E-state index is 12.7. The van der Waals surface area contributed by atoms with Crippen LogP contribution < -0.4 is 10.1 Å². The largest absolute Gasteiger partial charge is 0.573 e. The first-order valence-corrected chi connectivity index (χ1v) is 8.71. The van der Waals surface area contributed by atoms with E-state index in [9.17, 15) is 18.0 Å². The number of benzene rings is 1. The van der Waals surface area contributed by atoms with Crippen molar-refractivity contribution in [2.24, 2.45) is 17.3 Å². The zero-order valence-electron chi connectivity index (χ0n) is 13.3. The molecule has 4 nitrogen and oxygen atoms in total. The number of carbonyl (C=O) groups excluding carboxylic acids is 1. The molecule has 0 spiro atoms. The van der Waals surface area contributed by atoms with Gasteiger partial charge >= 0.3 is 6.36 Å². The van der Waals surface area contributed by atoms with Gasteiger partial charge in [-0.15, -0.1) is 13.2 Å². The normalized spacial score (nSPS) is 27.8. The summed E-state index contributed by atoms with van der Waals surface area (Å²) >= 11 is 1.13. The van der Waals surface area contributed by atoms with Crippen molar-refractivity contribution in [2.45, 2.75) is 26.1 Å². The summed E-state index contributed by atoms with van der Waals surface area (Å²) in [5.74, 6) is 0.304. The zero-order chi connectivity index (χ0) is 17.8. The van der Waals surface area contributed by atoms with Gasteiger partial charge in [0.25, 0.3) is 0 Å². The minimum Gasteiger partial charge on any atom is -0.406 e. The van der Waals surface area contributed by atoms with Crippen molar-refractivity contribution in [3.63, 3.8) is 0 Å². The number of rotatable bonds is 3. The Morgan fingerprint density at radius 2 is 2.20 bits per heavy atom. The molecule has 0 radical (unpaired) electrons. The van der Waals surface area contributed by atoms with Crippen molar-refractivity contribution in [1.82, 2.24) is 4.98 Å². The molecule has 132 valence electrons. The minimum atomic E-state index is -4.74. The van der Waals surface area contributed by atoms with E-state index in [1.54, 1.807) is 0 Å². The van der Waals surface area contributed by atoms with E-state index in [0.717, 1.165) is 24.2 Å². The van der Waals surface area contributed by atoms with Gasteiger partial charge in [-0.1, -0.05) is 30.4 Å². The zero-order valence-corrected chi connectivity index (χ0v) is 14.1. The number of alkyl halides is 3. The number of hydrogen-bond donors (Lipinski definition) is 1. The van der Waals surface area contributed by atoms with Gasteiger partial charge in [0.2, 0.25) is 5.91 Å². The van der Waals surface area contributed by atoms with E-state index >= 15 is 0 Å². The van der Waals surface area contributed by atoms with Crippen molar-refractivity contribution in [3.8, 4) is 5.75 Å². The lowest BCUT2D eigenvalue weighted by Gasteiger charge is -2.29. The van der Waals surface area contributed by atoms with E-state index in [1.807, 2.05) is 6.92 Å². The number of halogens is 3. The number of nitrogens with one attached hydrogen (secondary N) is 1. The maximum Gasteiger partial charge on any atom is 0.573 e. The van der Waals surface area contributed by atoms with Gasteiger partial charge in [-0.05, 0) is 36.8 Å². The van der Waals surface area contributed by atoms with Crippen LogP contribution in [0.15, 0.2) is 30.4 Å². The summed E-state index contributed by atoms with van der Waals surface area (Å²) in [7, 11) is 0. The third kappa shape index (κ3) is 2.99. The van der Waals surface area contributed by atoms with E-state index in [0.29, 0.717) is 21.3 Å². The quantitative estimate of drug-likeness (QED) is 0.797. The summed E-state index contributed by atoms with van der Waals surface area (Å²) in [5, 5.41) is 3.22. The second-order valence-electron chi connectivity index (χ2n) is 6.76. The van der Waals surface area contributed by atoms with Gasteiger partial charge in [0.15, 0.2) is 5.13 Å². The van der Waals surface area contributed by atoms with Crippen LogP contribution in [0.1, 0.15) is 19.8 Å². The number of fused-ring (bicyclic) bond motifs is 3. The highest BCUT2D eigenvalue weighted by Gasteiger charge is 2.50. The van der Waals surface area contributed by atoms with E-state index in [1.165, 1.54) is 18.2 Å².